The van der Waals surface area contributed by atoms with Crippen molar-refractivity contribution in [2.45, 2.75) is 26.2 Å². The van der Waals surface area contributed by atoms with Crippen molar-refractivity contribution in [3.63, 3.8) is 0 Å². The van der Waals surface area contributed by atoms with Crippen LogP contribution in [-0.2, 0) is 5.41 Å². The van der Waals surface area contributed by atoms with Gasteiger partial charge in [0.2, 0.25) is 0 Å². The van der Waals surface area contributed by atoms with E-state index in [9.17, 15) is 0 Å². The fraction of sp³-hybridized carbons (Fsp3) is 0.333. The molecular weight excluding hydrogens is 290 g/mol. The van der Waals surface area contributed by atoms with Crippen LogP contribution in [0.2, 0.25) is 0 Å². The summed E-state index contributed by atoms with van der Waals surface area (Å²) in [6, 6.07) is 7.65. The Labute approximate surface area is 129 Å². The number of pyridine rings is 1. The summed E-state index contributed by atoms with van der Waals surface area (Å²) >= 11 is 0. The molecule has 0 atom stereocenters. The Morgan fingerprint density at radius 3 is 2.41 bits per heavy atom. The molecule has 2 aromatic heterocycles. The molecule has 2 heterocycles. The molecule has 0 aromatic carbocycles. The van der Waals surface area contributed by atoms with Gasteiger partial charge in [0, 0.05) is 6.20 Å². The van der Waals surface area contributed by atoms with Gasteiger partial charge in [0.1, 0.15) is 0 Å². The van der Waals surface area contributed by atoms with E-state index in [1.165, 1.54) is 0 Å². The maximum atomic E-state index is 4.45. The molecule has 86 valence electrons. The summed E-state index contributed by atoms with van der Waals surface area (Å²) in [6.07, 6.45) is 4.82. The summed E-state index contributed by atoms with van der Waals surface area (Å²) in [5, 5.41) is 4.45. The fourth-order valence-electron chi connectivity index (χ4n) is 1.25. The second kappa shape index (κ2) is 6.52. The number of halogens is 1. The van der Waals surface area contributed by atoms with Crippen molar-refractivity contribution < 1.29 is 17.0 Å². The molecule has 0 aliphatic rings. The van der Waals surface area contributed by atoms with E-state index in [0.717, 1.165) is 11.5 Å². The number of nitrogens with zero attached hydrogens (tertiary/aromatic N) is 3. The van der Waals surface area contributed by atoms with Crippen LogP contribution in [0.5, 0.6) is 0 Å². The molecule has 3 nitrogen and oxygen atoms in total. The molecule has 0 N–H and O–H groups in total. The molecule has 2 aromatic rings. The molecule has 0 spiro atoms. The van der Waals surface area contributed by atoms with Gasteiger partial charge in [0.25, 0.3) is 0 Å². The molecule has 0 saturated carbocycles. The van der Waals surface area contributed by atoms with E-state index >= 15 is 0 Å². The molecule has 2 rings (SSSR count). The van der Waals surface area contributed by atoms with Gasteiger partial charge < -0.3 is 26.6 Å². The Morgan fingerprint density at radius 1 is 1.24 bits per heavy atom. The molecule has 0 unspecified atom stereocenters. The summed E-state index contributed by atoms with van der Waals surface area (Å²) in [6.45, 7) is 6.39. The first kappa shape index (κ1) is 16.6. The van der Waals surface area contributed by atoms with Gasteiger partial charge in [-0.05, 0) is 17.2 Å². The second-order valence-electron chi connectivity index (χ2n) is 4.51. The molecule has 0 aliphatic heterocycles. The van der Waals surface area contributed by atoms with Crippen LogP contribution in [0.1, 0.15) is 26.5 Å². The first-order valence-corrected chi connectivity index (χ1v) is 4.97. The topological polar surface area (TPSA) is 30.7 Å². The summed E-state index contributed by atoms with van der Waals surface area (Å²) in [5.41, 5.74) is 1.07. The maximum absolute atomic E-state index is 4.45. The van der Waals surface area contributed by atoms with Crippen molar-refractivity contribution in [1.29, 1.82) is 0 Å². The zero-order valence-electron chi connectivity index (χ0n) is 10.3. The maximum Gasteiger partial charge on any atom is 2.00 e. The van der Waals surface area contributed by atoms with Crippen LogP contribution in [0.25, 0.3) is 5.82 Å². The summed E-state index contributed by atoms with van der Waals surface area (Å²) in [7, 11) is 0. The minimum atomic E-state index is 0. The van der Waals surface area contributed by atoms with E-state index in [4.69, 9.17) is 0 Å². The Kier molecular flexibility index (Phi) is 6.36. The van der Waals surface area contributed by atoms with E-state index in [1.54, 1.807) is 10.9 Å². The van der Waals surface area contributed by atoms with Crippen molar-refractivity contribution in [3.8, 4) is 5.82 Å². The van der Waals surface area contributed by atoms with Crippen molar-refractivity contribution >= 4 is 23.1 Å². The van der Waals surface area contributed by atoms with Crippen molar-refractivity contribution in [2.75, 3.05) is 0 Å². The van der Waals surface area contributed by atoms with Crippen LogP contribution in [0.3, 0.4) is 0 Å². The van der Waals surface area contributed by atoms with Gasteiger partial charge in [0.15, 0.2) is 0 Å². The van der Waals surface area contributed by atoms with Crippen LogP contribution in [0.4, 0.5) is 0 Å². The number of rotatable bonds is 1. The molecule has 0 aliphatic carbocycles. The minimum absolute atomic E-state index is 0. The SMILES string of the molecule is CC(C)(C)c1c[c-]n(-c2ccccn2)n1.[Br-].[Mg+2]. The molecular formula is C12H14BrMgN3. The van der Waals surface area contributed by atoms with Crippen molar-refractivity contribution in [3.05, 3.63) is 42.4 Å². The van der Waals surface area contributed by atoms with Crippen LogP contribution in [0.15, 0.2) is 30.5 Å². The smallest absolute Gasteiger partial charge is 1.00 e. The molecule has 17 heavy (non-hydrogen) atoms. The van der Waals surface area contributed by atoms with Crippen molar-refractivity contribution in [2.24, 2.45) is 0 Å². The van der Waals surface area contributed by atoms with Gasteiger partial charge in [0.05, 0.1) is 5.82 Å². The molecule has 0 bridgehead atoms. The van der Waals surface area contributed by atoms with Gasteiger partial charge in [-0.1, -0.05) is 39.1 Å². The molecule has 5 heteroatoms. The average molecular weight is 304 g/mol. The van der Waals surface area contributed by atoms with E-state index in [0.29, 0.717) is 0 Å². The van der Waals surface area contributed by atoms with Gasteiger partial charge in [-0.2, -0.15) is 0 Å². The van der Waals surface area contributed by atoms with Crippen LogP contribution >= 0.6 is 0 Å². The number of aromatic nitrogens is 3. The van der Waals surface area contributed by atoms with Gasteiger partial charge in [-0.25, -0.2) is 0 Å². The van der Waals surface area contributed by atoms with E-state index in [1.807, 2.05) is 24.3 Å². The second-order valence-corrected chi connectivity index (χ2v) is 4.51. The first-order chi connectivity index (χ1) is 7.07. The van der Waals surface area contributed by atoms with Crippen molar-refractivity contribution in [1.82, 2.24) is 14.8 Å². The fourth-order valence-corrected chi connectivity index (χ4v) is 1.25. The third-order valence-electron chi connectivity index (χ3n) is 2.17. The Balaban J connectivity index is 0.00000128. The Bertz CT molecular complexity index is 448. The minimum Gasteiger partial charge on any atom is -1.00 e. The van der Waals surface area contributed by atoms with Crippen LogP contribution in [0, 0.1) is 6.20 Å². The number of hydrogen-bond acceptors (Lipinski definition) is 2. The molecule has 0 amide bonds. The summed E-state index contributed by atoms with van der Waals surface area (Å²) in [5.74, 6) is 0.799. The largest absolute Gasteiger partial charge is 2.00 e. The third kappa shape index (κ3) is 4.08. The quantitative estimate of drug-likeness (QED) is 0.499. The van der Waals surface area contributed by atoms with E-state index in [2.05, 4.69) is 37.1 Å². The normalized spacial score (nSPS) is 10.3. The monoisotopic (exact) mass is 303 g/mol. The van der Waals surface area contributed by atoms with Gasteiger partial charge in [-0.3, -0.25) is 5.10 Å². The van der Waals surface area contributed by atoms with E-state index < -0.39 is 0 Å². The summed E-state index contributed by atoms with van der Waals surface area (Å²) in [4.78, 5) is 4.21. The van der Waals surface area contributed by atoms with Gasteiger partial charge >= 0.3 is 23.1 Å². The zero-order chi connectivity index (χ0) is 10.9. The Hall–Kier alpha value is -0.394. The predicted molar refractivity (Wildman–Crippen MR) is 64.6 cm³/mol. The molecule has 0 saturated heterocycles. The van der Waals surface area contributed by atoms with Crippen LogP contribution in [-0.4, -0.2) is 37.8 Å². The Morgan fingerprint density at radius 2 is 1.94 bits per heavy atom. The third-order valence-corrected chi connectivity index (χ3v) is 2.17. The summed E-state index contributed by atoms with van der Waals surface area (Å²) < 4.78 is 1.68. The molecule has 0 fully saturated rings. The standard InChI is InChI=1S/C12H14N3.BrH.Mg/c1-12(2,3)10-7-9-15(14-10)11-6-4-5-8-13-11;;/h4-8H,1-3H3;1H;/q-1;;+2/p-1. The first-order valence-electron chi connectivity index (χ1n) is 4.97. The number of hydrogen-bond donors (Lipinski definition) is 0. The van der Waals surface area contributed by atoms with Crippen LogP contribution < -0.4 is 17.0 Å². The molecule has 0 radical (unpaired) electrons. The average Bonchev–Trinajstić information content (AvgIpc) is 2.67. The van der Waals surface area contributed by atoms with E-state index in [-0.39, 0.29) is 45.4 Å². The predicted octanol–water partition coefficient (Wildman–Crippen LogP) is -1.01. The zero-order valence-corrected chi connectivity index (χ0v) is 13.3. The van der Waals surface area contributed by atoms with Gasteiger partial charge in [-0.15, -0.1) is 6.07 Å².